The molecule has 1 atom stereocenters. The van der Waals surface area contributed by atoms with Gasteiger partial charge in [0.15, 0.2) is 6.04 Å². The number of nitrogens with zero attached hydrogens (tertiary/aromatic N) is 3. The summed E-state index contributed by atoms with van der Waals surface area (Å²) in [5, 5.41) is 7.24. The van der Waals surface area contributed by atoms with Gasteiger partial charge in [-0.2, -0.15) is 5.10 Å². The molecule has 2 heterocycles. The third-order valence-electron chi connectivity index (χ3n) is 4.05. The molecule has 128 valence electrons. The van der Waals surface area contributed by atoms with Crippen molar-refractivity contribution in [3.05, 3.63) is 91.0 Å². The molecular formula is C20H17N5O. The van der Waals surface area contributed by atoms with E-state index < -0.39 is 6.04 Å². The Morgan fingerprint density at radius 2 is 1.92 bits per heavy atom. The van der Waals surface area contributed by atoms with Crippen LogP contribution in [0.1, 0.15) is 11.6 Å². The smallest absolute Gasteiger partial charge is 0.253 e. The third-order valence-corrected chi connectivity index (χ3v) is 4.05. The van der Waals surface area contributed by atoms with Crippen molar-refractivity contribution in [3.63, 3.8) is 0 Å². The average molecular weight is 343 g/mol. The summed E-state index contributed by atoms with van der Waals surface area (Å²) >= 11 is 0. The molecule has 2 aromatic heterocycles. The van der Waals surface area contributed by atoms with Gasteiger partial charge in [0, 0.05) is 36.0 Å². The summed E-state index contributed by atoms with van der Waals surface area (Å²) in [6, 6.07) is 18.4. The van der Waals surface area contributed by atoms with Gasteiger partial charge in [-0.05, 0) is 23.8 Å². The fourth-order valence-corrected chi connectivity index (χ4v) is 2.87. The van der Waals surface area contributed by atoms with E-state index in [2.05, 4.69) is 20.4 Å². The molecule has 6 nitrogen and oxygen atoms in total. The van der Waals surface area contributed by atoms with Gasteiger partial charge in [-0.3, -0.25) is 9.48 Å². The topological polar surface area (TPSA) is 75.6 Å². The molecule has 0 spiro atoms. The first-order chi connectivity index (χ1) is 12.8. The van der Waals surface area contributed by atoms with Crippen LogP contribution in [-0.4, -0.2) is 25.7 Å². The number of carbonyl (C=O) groups is 1. The summed E-state index contributed by atoms with van der Waals surface area (Å²) < 4.78 is 1.65. The zero-order chi connectivity index (χ0) is 17.8. The van der Waals surface area contributed by atoms with Crippen LogP contribution in [-0.2, 0) is 4.79 Å². The van der Waals surface area contributed by atoms with Crippen molar-refractivity contribution in [2.24, 2.45) is 0 Å². The van der Waals surface area contributed by atoms with Crippen LogP contribution in [0.4, 0.5) is 5.69 Å². The number of hydrogen-bond donors (Lipinski definition) is 2. The van der Waals surface area contributed by atoms with Crippen LogP contribution in [0.25, 0.3) is 11.4 Å². The highest BCUT2D eigenvalue weighted by Crippen LogP contribution is 2.23. The minimum absolute atomic E-state index is 0.156. The van der Waals surface area contributed by atoms with Crippen LogP contribution in [0.2, 0.25) is 0 Å². The molecule has 6 heteroatoms. The molecule has 0 radical (unpaired) electrons. The highest BCUT2D eigenvalue weighted by molar-refractivity contribution is 5.96. The van der Waals surface area contributed by atoms with E-state index >= 15 is 0 Å². The van der Waals surface area contributed by atoms with Crippen LogP contribution in [0.3, 0.4) is 0 Å². The molecule has 0 saturated carbocycles. The largest absolute Gasteiger partial charge is 0.345 e. The van der Waals surface area contributed by atoms with Crippen LogP contribution >= 0.6 is 0 Å². The van der Waals surface area contributed by atoms with Crippen molar-refractivity contribution in [2.75, 3.05) is 5.32 Å². The SMILES string of the molecule is O=C(Nc1cccc(-c2ncc[nH]2)c1)[C@@H](c1ccccc1)n1cccn1. The monoisotopic (exact) mass is 343 g/mol. The Morgan fingerprint density at radius 3 is 2.65 bits per heavy atom. The second kappa shape index (κ2) is 7.06. The molecule has 4 rings (SSSR count). The van der Waals surface area contributed by atoms with E-state index in [0.29, 0.717) is 5.69 Å². The van der Waals surface area contributed by atoms with E-state index in [9.17, 15) is 4.79 Å². The van der Waals surface area contributed by atoms with Crippen LogP contribution < -0.4 is 5.32 Å². The van der Waals surface area contributed by atoms with Crippen molar-refractivity contribution >= 4 is 11.6 Å². The summed E-state index contributed by atoms with van der Waals surface area (Å²) in [5.41, 5.74) is 2.48. The van der Waals surface area contributed by atoms with Gasteiger partial charge in [0.2, 0.25) is 0 Å². The summed E-state index contributed by atoms with van der Waals surface area (Å²) in [6.45, 7) is 0. The standard InChI is InChI=1S/C20H17N5O/c26-20(18(25-13-5-10-23-25)15-6-2-1-3-7-15)24-17-9-4-8-16(14-17)19-21-11-12-22-19/h1-14,18H,(H,21,22)(H,24,26)/t18-/m1/s1. The number of aromatic nitrogens is 4. The number of carbonyl (C=O) groups excluding carboxylic acids is 1. The number of H-pyrrole nitrogens is 1. The first-order valence-corrected chi connectivity index (χ1v) is 8.26. The lowest BCUT2D eigenvalue weighted by Gasteiger charge is -2.18. The number of anilines is 1. The number of aromatic amines is 1. The molecule has 1 amide bonds. The van der Waals surface area contributed by atoms with Crippen LogP contribution in [0, 0.1) is 0 Å². The number of imidazole rings is 1. The number of rotatable bonds is 5. The summed E-state index contributed by atoms with van der Waals surface area (Å²) in [4.78, 5) is 20.3. The second-order valence-corrected chi connectivity index (χ2v) is 5.81. The predicted octanol–water partition coefficient (Wildman–Crippen LogP) is 3.50. The Morgan fingerprint density at radius 1 is 1.04 bits per heavy atom. The Labute approximate surface area is 150 Å². The molecule has 0 bridgehead atoms. The maximum atomic E-state index is 13.0. The molecule has 0 saturated heterocycles. The van der Waals surface area contributed by atoms with E-state index in [1.165, 1.54) is 0 Å². The Hall–Kier alpha value is -3.67. The van der Waals surface area contributed by atoms with Crippen molar-refractivity contribution in [1.29, 1.82) is 0 Å². The van der Waals surface area contributed by atoms with Crippen molar-refractivity contribution in [2.45, 2.75) is 6.04 Å². The highest BCUT2D eigenvalue weighted by Gasteiger charge is 2.23. The summed E-state index contributed by atoms with van der Waals surface area (Å²) in [7, 11) is 0. The lowest BCUT2D eigenvalue weighted by molar-refractivity contribution is -0.118. The molecule has 2 aromatic carbocycles. The van der Waals surface area contributed by atoms with Gasteiger partial charge < -0.3 is 10.3 Å². The quantitative estimate of drug-likeness (QED) is 0.582. The maximum absolute atomic E-state index is 13.0. The fraction of sp³-hybridized carbons (Fsp3) is 0.0500. The van der Waals surface area contributed by atoms with Crippen LogP contribution in [0.15, 0.2) is 85.5 Å². The Balaban J connectivity index is 1.62. The molecule has 0 aliphatic rings. The van der Waals surface area contributed by atoms with E-state index in [-0.39, 0.29) is 5.91 Å². The van der Waals surface area contributed by atoms with E-state index in [4.69, 9.17) is 0 Å². The minimum atomic E-state index is -0.543. The molecule has 0 unspecified atom stereocenters. The second-order valence-electron chi connectivity index (χ2n) is 5.81. The first kappa shape index (κ1) is 15.8. The zero-order valence-electron chi connectivity index (χ0n) is 13.9. The van der Waals surface area contributed by atoms with Gasteiger partial charge in [0.1, 0.15) is 5.82 Å². The van der Waals surface area contributed by atoms with Gasteiger partial charge in [-0.1, -0.05) is 42.5 Å². The molecule has 0 aliphatic heterocycles. The first-order valence-electron chi connectivity index (χ1n) is 8.26. The minimum Gasteiger partial charge on any atom is -0.345 e. The maximum Gasteiger partial charge on any atom is 0.253 e. The Kier molecular flexibility index (Phi) is 4.30. The van der Waals surface area contributed by atoms with E-state index in [0.717, 1.165) is 17.0 Å². The van der Waals surface area contributed by atoms with Gasteiger partial charge in [0.25, 0.3) is 5.91 Å². The predicted molar refractivity (Wildman–Crippen MR) is 99.5 cm³/mol. The molecule has 0 fully saturated rings. The fourth-order valence-electron chi connectivity index (χ4n) is 2.87. The number of hydrogen-bond acceptors (Lipinski definition) is 3. The van der Waals surface area contributed by atoms with Gasteiger partial charge >= 0.3 is 0 Å². The third kappa shape index (κ3) is 3.25. The summed E-state index contributed by atoms with van der Waals surface area (Å²) in [5.74, 6) is 0.601. The van der Waals surface area contributed by atoms with E-state index in [1.807, 2.05) is 54.6 Å². The Bertz CT molecular complexity index is 978. The highest BCUT2D eigenvalue weighted by atomic mass is 16.2. The van der Waals surface area contributed by atoms with Gasteiger partial charge in [-0.25, -0.2) is 4.98 Å². The molecule has 0 aliphatic carbocycles. The molecule has 26 heavy (non-hydrogen) atoms. The van der Waals surface area contributed by atoms with Gasteiger partial charge in [0.05, 0.1) is 0 Å². The lowest BCUT2D eigenvalue weighted by Crippen LogP contribution is -2.27. The summed E-state index contributed by atoms with van der Waals surface area (Å²) in [6.07, 6.45) is 6.92. The van der Waals surface area contributed by atoms with Crippen molar-refractivity contribution < 1.29 is 4.79 Å². The number of nitrogens with one attached hydrogen (secondary N) is 2. The van der Waals surface area contributed by atoms with Crippen molar-refractivity contribution in [3.8, 4) is 11.4 Å². The van der Waals surface area contributed by atoms with Gasteiger partial charge in [-0.15, -0.1) is 0 Å². The zero-order valence-corrected chi connectivity index (χ0v) is 13.9. The number of benzene rings is 2. The molecule has 2 N–H and O–H groups in total. The van der Waals surface area contributed by atoms with Crippen LogP contribution in [0.5, 0.6) is 0 Å². The normalized spacial score (nSPS) is 11.8. The van der Waals surface area contributed by atoms with E-state index in [1.54, 1.807) is 35.5 Å². The molecule has 4 aromatic rings. The average Bonchev–Trinajstić information content (AvgIpc) is 3.37. The molecular weight excluding hydrogens is 326 g/mol. The van der Waals surface area contributed by atoms with Crippen molar-refractivity contribution in [1.82, 2.24) is 19.7 Å². The lowest BCUT2D eigenvalue weighted by atomic mass is 10.1. The number of amides is 1.